The van der Waals surface area contributed by atoms with Crippen molar-refractivity contribution in [3.05, 3.63) is 18.2 Å². The van der Waals surface area contributed by atoms with E-state index in [1.165, 1.54) is 14.2 Å². The minimum absolute atomic E-state index is 0.173. The highest BCUT2D eigenvalue weighted by Crippen LogP contribution is 2.33. The normalized spacial score (nSPS) is 14.3. The zero-order valence-electron chi connectivity index (χ0n) is 12.8. The SMILES string of the molecule is COc1ccc(N(CC(=O)NC2CC2)S(C)(=O)=O)c(OC)c1. The van der Waals surface area contributed by atoms with E-state index in [-0.39, 0.29) is 18.5 Å². The monoisotopic (exact) mass is 328 g/mol. The number of hydrogen-bond acceptors (Lipinski definition) is 5. The molecule has 1 fully saturated rings. The van der Waals surface area contributed by atoms with Crippen LogP contribution in [0.4, 0.5) is 5.69 Å². The molecule has 2 rings (SSSR count). The fraction of sp³-hybridized carbons (Fsp3) is 0.500. The van der Waals surface area contributed by atoms with Crippen LogP contribution in [-0.4, -0.2) is 47.4 Å². The van der Waals surface area contributed by atoms with Crippen LogP contribution in [-0.2, 0) is 14.8 Å². The van der Waals surface area contributed by atoms with Crippen LogP contribution in [0.1, 0.15) is 12.8 Å². The molecule has 1 aliphatic carbocycles. The number of benzene rings is 1. The standard InChI is InChI=1S/C14H20N2O5S/c1-20-11-6-7-12(13(8-11)21-2)16(22(3,18)19)9-14(17)15-10-4-5-10/h6-8,10H,4-5,9H2,1-3H3,(H,15,17). The third-order valence-electron chi connectivity index (χ3n) is 3.29. The number of sulfonamides is 1. The molecule has 1 aliphatic rings. The zero-order chi connectivity index (χ0) is 16.3. The van der Waals surface area contributed by atoms with Crippen LogP contribution in [0.25, 0.3) is 0 Å². The molecule has 0 saturated heterocycles. The molecule has 0 atom stereocenters. The Morgan fingerprint density at radius 2 is 2.00 bits per heavy atom. The van der Waals surface area contributed by atoms with E-state index < -0.39 is 10.0 Å². The van der Waals surface area contributed by atoms with Gasteiger partial charge in [0.2, 0.25) is 15.9 Å². The Hall–Kier alpha value is -1.96. The molecule has 0 heterocycles. The van der Waals surface area contributed by atoms with Crippen LogP contribution in [0.3, 0.4) is 0 Å². The summed E-state index contributed by atoms with van der Waals surface area (Å²) < 4.78 is 35.4. The Morgan fingerprint density at radius 3 is 2.50 bits per heavy atom. The summed E-state index contributed by atoms with van der Waals surface area (Å²) >= 11 is 0. The number of nitrogens with zero attached hydrogens (tertiary/aromatic N) is 1. The quantitative estimate of drug-likeness (QED) is 0.798. The maximum atomic E-state index is 12.1. The van der Waals surface area contributed by atoms with E-state index in [2.05, 4.69) is 5.32 Å². The highest BCUT2D eigenvalue weighted by atomic mass is 32.2. The predicted molar refractivity (Wildman–Crippen MR) is 82.9 cm³/mol. The van der Waals surface area contributed by atoms with E-state index in [0.29, 0.717) is 17.2 Å². The van der Waals surface area contributed by atoms with Gasteiger partial charge >= 0.3 is 0 Å². The van der Waals surface area contributed by atoms with Gasteiger partial charge in [0, 0.05) is 12.1 Å². The molecular formula is C14H20N2O5S. The van der Waals surface area contributed by atoms with E-state index in [1.54, 1.807) is 18.2 Å². The van der Waals surface area contributed by atoms with Crippen molar-refractivity contribution in [3.63, 3.8) is 0 Å². The van der Waals surface area contributed by atoms with Crippen molar-refractivity contribution in [3.8, 4) is 11.5 Å². The van der Waals surface area contributed by atoms with Crippen LogP contribution in [0, 0.1) is 0 Å². The van der Waals surface area contributed by atoms with Crippen molar-refractivity contribution in [1.29, 1.82) is 0 Å². The maximum absolute atomic E-state index is 12.1. The molecule has 7 nitrogen and oxygen atoms in total. The largest absolute Gasteiger partial charge is 0.497 e. The Bertz CT molecular complexity index is 655. The molecule has 8 heteroatoms. The van der Waals surface area contributed by atoms with Gasteiger partial charge < -0.3 is 14.8 Å². The van der Waals surface area contributed by atoms with Gasteiger partial charge in [-0.05, 0) is 25.0 Å². The zero-order valence-corrected chi connectivity index (χ0v) is 13.6. The second-order valence-electron chi connectivity index (χ2n) is 5.15. The van der Waals surface area contributed by atoms with Crippen molar-refractivity contribution in [2.75, 3.05) is 31.3 Å². The molecule has 22 heavy (non-hydrogen) atoms. The topological polar surface area (TPSA) is 84.9 Å². The minimum Gasteiger partial charge on any atom is -0.497 e. The van der Waals surface area contributed by atoms with Gasteiger partial charge in [-0.2, -0.15) is 0 Å². The van der Waals surface area contributed by atoms with Crippen LogP contribution < -0.4 is 19.1 Å². The molecular weight excluding hydrogens is 308 g/mol. The molecule has 0 bridgehead atoms. The summed E-state index contributed by atoms with van der Waals surface area (Å²) in [6.07, 6.45) is 2.94. The molecule has 1 aromatic carbocycles. The lowest BCUT2D eigenvalue weighted by molar-refractivity contribution is -0.119. The summed E-state index contributed by atoms with van der Waals surface area (Å²) in [5, 5.41) is 2.78. The first-order valence-electron chi connectivity index (χ1n) is 6.84. The number of anilines is 1. The molecule has 1 saturated carbocycles. The molecule has 122 valence electrons. The lowest BCUT2D eigenvalue weighted by Gasteiger charge is -2.24. The Balaban J connectivity index is 2.30. The highest BCUT2D eigenvalue weighted by Gasteiger charge is 2.28. The van der Waals surface area contributed by atoms with Crippen molar-refractivity contribution in [2.24, 2.45) is 0 Å². The van der Waals surface area contributed by atoms with E-state index in [9.17, 15) is 13.2 Å². The van der Waals surface area contributed by atoms with Crippen LogP contribution in [0.2, 0.25) is 0 Å². The summed E-state index contributed by atoms with van der Waals surface area (Å²) in [5.74, 6) is 0.534. The lowest BCUT2D eigenvalue weighted by atomic mass is 10.2. The number of nitrogens with one attached hydrogen (secondary N) is 1. The summed E-state index contributed by atoms with van der Waals surface area (Å²) in [4.78, 5) is 12.0. The smallest absolute Gasteiger partial charge is 0.240 e. The predicted octanol–water partition coefficient (Wildman–Crippen LogP) is 0.748. The van der Waals surface area contributed by atoms with Crippen molar-refractivity contribution in [1.82, 2.24) is 5.32 Å². The van der Waals surface area contributed by atoms with Crippen LogP contribution in [0.5, 0.6) is 11.5 Å². The summed E-state index contributed by atoms with van der Waals surface area (Å²) in [5.41, 5.74) is 0.303. The van der Waals surface area contributed by atoms with Crippen LogP contribution >= 0.6 is 0 Å². The summed E-state index contributed by atoms with van der Waals surface area (Å²) in [6, 6.07) is 4.93. The number of carbonyl (C=O) groups excluding carboxylic acids is 1. The third kappa shape index (κ3) is 4.03. The van der Waals surface area contributed by atoms with Gasteiger partial charge in [-0.1, -0.05) is 0 Å². The molecule has 0 radical (unpaired) electrons. The molecule has 1 aromatic rings. The lowest BCUT2D eigenvalue weighted by Crippen LogP contribution is -2.41. The van der Waals surface area contributed by atoms with Crippen molar-refractivity contribution < 1.29 is 22.7 Å². The van der Waals surface area contributed by atoms with Gasteiger partial charge in [-0.3, -0.25) is 9.10 Å². The van der Waals surface area contributed by atoms with E-state index in [0.717, 1.165) is 23.4 Å². The summed E-state index contributed by atoms with van der Waals surface area (Å²) in [7, 11) is -0.690. The fourth-order valence-electron chi connectivity index (χ4n) is 2.00. The summed E-state index contributed by atoms with van der Waals surface area (Å²) in [6.45, 7) is -0.280. The number of rotatable bonds is 7. The van der Waals surface area contributed by atoms with E-state index in [1.807, 2.05) is 0 Å². The highest BCUT2D eigenvalue weighted by molar-refractivity contribution is 7.92. The number of ether oxygens (including phenoxy) is 2. The average Bonchev–Trinajstić information content (AvgIpc) is 3.27. The molecule has 1 N–H and O–H groups in total. The number of methoxy groups -OCH3 is 2. The van der Waals surface area contributed by atoms with Gasteiger partial charge in [0.1, 0.15) is 18.0 Å². The first kappa shape index (κ1) is 16.4. The second-order valence-corrected chi connectivity index (χ2v) is 7.06. The molecule has 0 aliphatic heterocycles. The van der Waals surface area contributed by atoms with E-state index >= 15 is 0 Å². The first-order chi connectivity index (χ1) is 10.3. The number of amides is 1. The molecule has 0 unspecified atom stereocenters. The van der Waals surface area contributed by atoms with Gasteiger partial charge in [0.05, 0.1) is 26.2 Å². The van der Waals surface area contributed by atoms with Crippen LogP contribution in [0.15, 0.2) is 18.2 Å². The van der Waals surface area contributed by atoms with E-state index in [4.69, 9.17) is 9.47 Å². The Morgan fingerprint density at radius 1 is 1.32 bits per heavy atom. The van der Waals surface area contributed by atoms with Gasteiger partial charge in [0.15, 0.2) is 0 Å². The first-order valence-corrected chi connectivity index (χ1v) is 8.69. The maximum Gasteiger partial charge on any atom is 0.240 e. The Kier molecular flexibility index (Phi) is 4.80. The molecule has 0 aromatic heterocycles. The minimum atomic E-state index is -3.63. The Labute approximate surface area is 130 Å². The van der Waals surface area contributed by atoms with Crippen molar-refractivity contribution in [2.45, 2.75) is 18.9 Å². The van der Waals surface area contributed by atoms with Gasteiger partial charge in [-0.25, -0.2) is 8.42 Å². The number of carbonyl (C=O) groups is 1. The second kappa shape index (κ2) is 6.43. The fourth-order valence-corrected chi connectivity index (χ4v) is 2.86. The third-order valence-corrected chi connectivity index (χ3v) is 4.41. The van der Waals surface area contributed by atoms with Gasteiger partial charge in [0.25, 0.3) is 0 Å². The molecule has 1 amide bonds. The molecule has 0 spiro atoms. The number of hydrogen-bond donors (Lipinski definition) is 1. The average molecular weight is 328 g/mol. The van der Waals surface area contributed by atoms with Gasteiger partial charge in [-0.15, -0.1) is 0 Å². The van der Waals surface area contributed by atoms with Crippen molar-refractivity contribution >= 4 is 21.6 Å².